The molecule has 0 saturated heterocycles. The number of halogens is 1. The lowest BCUT2D eigenvalue weighted by molar-refractivity contribution is -0.105. The largest absolute Gasteiger partial charge is 0.491 e. The van der Waals surface area contributed by atoms with Crippen molar-refractivity contribution in [3.63, 3.8) is 0 Å². The zero-order chi connectivity index (χ0) is 22.6. The van der Waals surface area contributed by atoms with Crippen LogP contribution in [-0.2, 0) is 27.8 Å². The monoisotopic (exact) mass is 467 g/mol. The molecule has 0 amide bonds. The Bertz CT molecular complexity index is 658. The zero-order valence-corrected chi connectivity index (χ0v) is 20.3. The van der Waals surface area contributed by atoms with Crippen LogP contribution in [-0.4, -0.2) is 53.3 Å². The fraction of sp³-hybridized carbons (Fsp3) is 0.700. The molecule has 2 atom stereocenters. The Morgan fingerprint density at radius 3 is 2.40 bits per heavy atom. The Labute approximate surface area is 185 Å². The lowest BCUT2D eigenvalue weighted by Crippen LogP contribution is -2.25. The van der Waals surface area contributed by atoms with E-state index in [2.05, 4.69) is 5.09 Å². The summed E-state index contributed by atoms with van der Waals surface area (Å²) >= 11 is 6.28. The van der Waals surface area contributed by atoms with Gasteiger partial charge in [-0.25, -0.2) is 9.65 Å². The van der Waals surface area contributed by atoms with Gasteiger partial charge in [-0.15, -0.1) is 0 Å². The molecule has 8 nitrogen and oxygen atoms in total. The van der Waals surface area contributed by atoms with E-state index in [9.17, 15) is 4.57 Å². The van der Waals surface area contributed by atoms with Crippen LogP contribution in [0.4, 0.5) is 0 Å². The molecule has 0 aliphatic rings. The lowest BCUT2D eigenvalue weighted by atomic mass is 10.2. The van der Waals surface area contributed by atoms with Gasteiger partial charge in [-0.2, -0.15) is 0 Å². The van der Waals surface area contributed by atoms with E-state index in [0.29, 0.717) is 36.1 Å². The number of hydrogen-bond donors (Lipinski definition) is 1. The molecule has 30 heavy (non-hydrogen) atoms. The Kier molecular flexibility index (Phi) is 13.1. The van der Waals surface area contributed by atoms with Gasteiger partial charge in [-0.05, 0) is 44.9 Å². The van der Waals surface area contributed by atoms with E-state index < -0.39 is 14.0 Å². The normalized spacial score (nSPS) is 14.8. The van der Waals surface area contributed by atoms with Crippen molar-refractivity contribution in [2.45, 2.75) is 40.1 Å². The minimum atomic E-state index is -3.47. The minimum Gasteiger partial charge on any atom is -0.491 e. The highest BCUT2D eigenvalue weighted by Gasteiger charge is 2.26. The minimum absolute atomic E-state index is 0.0783. The van der Waals surface area contributed by atoms with Crippen molar-refractivity contribution >= 4 is 19.3 Å². The summed E-state index contributed by atoms with van der Waals surface area (Å²) in [5.41, 5.74) is 0.700. The van der Waals surface area contributed by atoms with E-state index in [-0.39, 0.29) is 25.2 Å². The second-order valence-corrected chi connectivity index (χ2v) is 9.13. The van der Waals surface area contributed by atoms with E-state index in [1.54, 1.807) is 32.0 Å². The highest BCUT2D eigenvalue weighted by Crippen LogP contribution is 2.45. The standard InChI is InChI=1S/C20H35ClNO7P/c1-7-26-14-16(4)13-22-30(23,29-15(2)3)28-11-10-27-17-8-9-18(19(21)12-17)20(24-5)25-6/h8-9,12,15-16,20H,7,10-11,13-14H2,1-6H3,(H,22,23). The van der Waals surface area contributed by atoms with E-state index in [1.807, 2.05) is 13.8 Å². The molecule has 10 heteroatoms. The van der Waals surface area contributed by atoms with Crippen LogP contribution in [0.3, 0.4) is 0 Å². The summed E-state index contributed by atoms with van der Waals surface area (Å²) in [7, 11) is -0.392. The number of rotatable bonds is 16. The number of ether oxygens (including phenoxy) is 4. The fourth-order valence-electron chi connectivity index (χ4n) is 2.49. The van der Waals surface area contributed by atoms with Gasteiger partial charge in [0.05, 0.1) is 24.3 Å². The quantitative estimate of drug-likeness (QED) is 0.210. The highest BCUT2D eigenvalue weighted by atomic mass is 35.5. The maximum absolute atomic E-state index is 13.0. The van der Waals surface area contributed by atoms with Gasteiger partial charge in [0.15, 0.2) is 6.29 Å². The third-order valence-corrected chi connectivity index (χ3v) is 5.98. The van der Waals surface area contributed by atoms with Crippen LogP contribution < -0.4 is 9.82 Å². The molecule has 1 aromatic rings. The molecule has 0 radical (unpaired) electrons. The van der Waals surface area contributed by atoms with Gasteiger partial charge in [0.1, 0.15) is 12.4 Å². The van der Waals surface area contributed by atoms with E-state index in [1.165, 1.54) is 14.2 Å². The summed E-state index contributed by atoms with van der Waals surface area (Å²) in [5, 5.41) is 3.36. The predicted octanol–water partition coefficient (Wildman–Crippen LogP) is 4.82. The smallest absolute Gasteiger partial charge is 0.405 e. The van der Waals surface area contributed by atoms with Crippen molar-refractivity contribution in [2.24, 2.45) is 5.92 Å². The molecule has 1 N–H and O–H groups in total. The molecule has 174 valence electrons. The molecular weight excluding hydrogens is 433 g/mol. The lowest BCUT2D eigenvalue weighted by Gasteiger charge is -2.23. The average molecular weight is 468 g/mol. The van der Waals surface area contributed by atoms with E-state index in [4.69, 9.17) is 39.6 Å². The molecule has 0 bridgehead atoms. The molecule has 2 unspecified atom stereocenters. The molecule has 1 rings (SSSR count). The molecule has 0 saturated carbocycles. The van der Waals surface area contributed by atoms with E-state index in [0.717, 1.165) is 0 Å². The SMILES string of the molecule is CCOCC(C)CNP(=O)(OCCOc1ccc(C(OC)OC)c(Cl)c1)OC(C)C. The number of hydrogen-bond acceptors (Lipinski definition) is 7. The molecule has 0 heterocycles. The summed E-state index contributed by atoms with van der Waals surface area (Å²) in [6.45, 7) is 9.44. The van der Waals surface area contributed by atoms with E-state index >= 15 is 0 Å². The average Bonchev–Trinajstić information content (AvgIpc) is 2.70. The first-order valence-electron chi connectivity index (χ1n) is 9.98. The second-order valence-electron chi connectivity index (χ2n) is 6.95. The Morgan fingerprint density at radius 1 is 1.13 bits per heavy atom. The number of benzene rings is 1. The van der Waals surface area contributed by atoms with Crippen LogP contribution >= 0.6 is 19.3 Å². The Balaban J connectivity index is 2.56. The second kappa shape index (κ2) is 14.4. The Morgan fingerprint density at radius 2 is 1.83 bits per heavy atom. The van der Waals surface area contributed by atoms with Crippen molar-refractivity contribution in [2.75, 3.05) is 47.2 Å². The summed E-state index contributed by atoms with van der Waals surface area (Å²) in [4.78, 5) is 0. The molecule has 0 aliphatic heterocycles. The van der Waals surface area contributed by atoms with Gasteiger partial charge >= 0.3 is 7.75 Å². The summed E-state index contributed by atoms with van der Waals surface area (Å²) in [6, 6.07) is 5.19. The van der Waals surface area contributed by atoms with Crippen LogP contribution in [0.15, 0.2) is 18.2 Å². The van der Waals surface area contributed by atoms with Crippen molar-refractivity contribution in [3.05, 3.63) is 28.8 Å². The van der Waals surface area contributed by atoms with Crippen LogP contribution in [0.25, 0.3) is 0 Å². The molecular formula is C20H35ClNO7P. The zero-order valence-electron chi connectivity index (χ0n) is 18.7. The maximum Gasteiger partial charge on any atom is 0.405 e. The molecule has 0 fully saturated rings. The first-order chi connectivity index (χ1) is 14.2. The number of nitrogens with one attached hydrogen (secondary N) is 1. The van der Waals surface area contributed by atoms with Crippen LogP contribution in [0.1, 0.15) is 39.5 Å². The Hall–Kier alpha value is -0.700. The summed E-state index contributed by atoms with van der Waals surface area (Å²) in [5.74, 6) is 0.716. The molecule has 1 aromatic carbocycles. The first-order valence-corrected chi connectivity index (χ1v) is 11.9. The van der Waals surface area contributed by atoms with Gasteiger partial charge in [-0.3, -0.25) is 9.05 Å². The van der Waals surface area contributed by atoms with Gasteiger partial charge in [-0.1, -0.05) is 18.5 Å². The third kappa shape index (κ3) is 10.1. The third-order valence-electron chi connectivity index (χ3n) is 3.86. The maximum atomic E-state index is 13.0. The van der Waals surface area contributed by atoms with Crippen LogP contribution in [0.5, 0.6) is 5.75 Å². The van der Waals surface area contributed by atoms with Crippen molar-refractivity contribution in [3.8, 4) is 5.75 Å². The van der Waals surface area contributed by atoms with Gasteiger partial charge in [0, 0.05) is 32.9 Å². The van der Waals surface area contributed by atoms with Gasteiger partial charge in [0.25, 0.3) is 0 Å². The van der Waals surface area contributed by atoms with Crippen molar-refractivity contribution in [1.82, 2.24) is 5.09 Å². The molecule has 0 spiro atoms. The summed E-state index contributed by atoms with van der Waals surface area (Å²) in [6.07, 6.45) is -0.808. The van der Waals surface area contributed by atoms with Gasteiger partial charge in [0.2, 0.25) is 0 Å². The van der Waals surface area contributed by atoms with Crippen LogP contribution in [0.2, 0.25) is 5.02 Å². The van der Waals surface area contributed by atoms with Gasteiger partial charge < -0.3 is 18.9 Å². The highest BCUT2D eigenvalue weighted by molar-refractivity contribution is 7.51. The molecule has 0 aromatic heterocycles. The van der Waals surface area contributed by atoms with Crippen molar-refractivity contribution in [1.29, 1.82) is 0 Å². The molecule has 0 aliphatic carbocycles. The fourth-order valence-corrected chi connectivity index (χ4v) is 4.38. The first kappa shape index (κ1) is 27.3. The topological polar surface area (TPSA) is 84.5 Å². The summed E-state index contributed by atoms with van der Waals surface area (Å²) < 4.78 is 45.4. The van der Waals surface area contributed by atoms with Crippen molar-refractivity contribution < 1.29 is 32.6 Å². The van der Waals surface area contributed by atoms with Crippen LogP contribution in [0, 0.1) is 5.92 Å². The number of methoxy groups -OCH3 is 2. The predicted molar refractivity (Wildman–Crippen MR) is 117 cm³/mol.